The molecule has 72 valence electrons. The zero-order valence-corrected chi connectivity index (χ0v) is 7.70. The Labute approximate surface area is 80.3 Å². The fraction of sp³-hybridized carbons (Fsp3) is 0.625. The molecule has 0 amide bonds. The first-order chi connectivity index (χ1) is 6.06. The van der Waals surface area contributed by atoms with Crippen LogP contribution in [-0.2, 0) is 0 Å². The number of hydrogen-bond acceptors (Lipinski definition) is 3. The Bertz CT molecular complexity index is 241. The number of thiocarbonyl (C=S) groups is 1. The average molecular weight is 204 g/mol. The fourth-order valence-electron chi connectivity index (χ4n) is 1.40. The smallest absolute Gasteiger partial charge is 0.141 e. The highest BCUT2D eigenvalue weighted by Gasteiger charge is 2.35. The van der Waals surface area contributed by atoms with E-state index in [0.717, 1.165) is 5.37 Å². The van der Waals surface area contributed by atoms with Gasteiger partial charge in [0, 0.05) is 17.0 Å². The van der Waals surface area contributed by atoms with E-state index in [4.69, 9.17) is 10.8 Å². The molecule has 1 aliphatic rings. The molecular formula is C8H10F2N2S. The van der Waals surface area contributed by atoms with Crippen molar-refractivity contribution in [2.75, 3.05) is 0 Å². The Morgan fingerprint density at radius 1 is 1.38 bits per heavy atom. The van der Waals surface area contributed by atoms with E-state index in [2.05, 4.69) is 12.2 Å². The second kappa shape index (κ2) is 4.00. The third-order valence-corrected chi connectivity index (χ3v) is 2.48. The van der Waals surface area contributed by atoms with Gasteiger partial charge in [-0.1, -0.05) is 12.2 Å². The lowest BCUT2D eigenvalue weighted by Crippen LogP contribution is -2.38. The molecule has 0 saturated heterocycles. The van der Waals surface area contributed by atoms with Crippen molar-refractivity contribution in [3.05, 3.63) is 0 Å². The monoisotopic (exact) mass is 204 g/mol. The molecule has 2 nitrogen and oxygen atoms in total. The van der Waals surface area contributed by atoms with Crippen LogP contribution in [0.2, 0.25) is 0 Å². The van der Waals surface area contributed by atoms with Gasteiger partial charge in [0.1, 0.15) is 12.3 Å². The Balaban J connectivity index is 2.68. The maximum absolute atomic E-state index is 13.0. The van der Waals surface area contributed by atoms with Crippen LogP contribution in [-0.4, -0.2) is 29.1 Å². The van der Waals surface area contributed by atoms with Gasteiger partial charge in [0.2, 0.25) is 0 Å². The normalized spacial score (nSPS) is 34.3. The lowest BCUT2D eigenvalue weighted by Gasteiger charge is -2.27. The molecule has 0 aromatic rings. The molecular weight excluding hydrogens is 194 g/mol. The van der Waals surface area contributed by atoms with Crippen LogP contribution in [0.3, 0.4) is 0 Å². The number of hydrogen-bond donors (Lipinski definition) is 2. The Hall–Kier alpha value is -0.710. The zero-order valence-electron chi connectivity index (χ0n) is 6.89. The summed E-state index contributed by atoms with van der Waals surface area (Å²) < 4.78 is 25.9. The van der Waals surface area contributed by atoms with E-state index in [1.54, 1.807) is 0 Å². The topological polar surface area (TPSA) is 47.7 Å². The molecule has 0 spiro atoms. The van der Waals surface area contributed by atoms with Crippen LogP contribution in [0.1, 0.15) is 12.8 Å². The van der Waals surface area contributed by atoms with Gasteiger partial charge in [-0.15, -0.1) is 0 Å². The Kier molecular flexibility index (Phi) is 3.19. The lowest BCUT2D eigenvalue weighted by molar-refractivity contribution is 0.264. The minimum absolute atomic E-state index is 0.0191. The van der Waals surface area contributed by atoms with Crippen molar-refractivity contribution in [2.24, 2.45) is 5.92 Å². The van der Waals surface area contributed by atoms with Crippen LogP contribution < -0.4 is 0 Å². The molecule has 5 heteroatoms. The van der Waals surface area contributed by atoms with E-state index in [1.165, 1.54) is 0 Å². The van der Waals surface area contributed by atoms with E-state index >= 15 is 0 Å². The number of alkyl halides is 2. The molecule has 0 aromatic carbocycles. The third-order valence-electron chi connectivity index (χ3n) is 2.22. The van der Waals surface area contributed by atoms with Crippen LogP contribution in [0.15, 0.2) is 0 Å². The first-order valence-corrected chi connectivity index (χ1v) is 4.43. The van der Waals surface area contributed by atoms with Gasteiger partial charge < -0.3 is 10.8 Å². The van der Waals surface area contributed by atoms with Crippen molar-refractivity contribution >= 4 is 29.0 Å². The molecule has 2 unspecified atom stereocenters. The minimum atomic E-state index is -1.55. The van der Waals surface area contributed by atoms with Crippen molar-refractivity contribution in [3.63, 3.8) is 0 Å². The first-order valence-electron chi connectivity index (χ1n) is 3.96. The molecule has 2 atom stereocenters. The highest BCUT2D eigenvalue weighted by atomic mass is 32.1. The van der Waals surface area contributed by atoms with Crippen LogP contribution in [0.4, 0.5) is 8.78 Å². The Morgan fingerprint density at radius 2 is 1.85 bits per heavy atom. The molecule has 0 aromatic heterocycles. The molecule has 2 N–H and O–H groups in total. The van der Waals surface area contributed by atoms with Gasteiger partial charge in [0.15, 0.2) is 0 Å². The van der Waals surface area contributed by atoms with Gasteiger partial charge in [-0.05, 0) is 12.8 Å². The molecule has 0 bridgehead atoms. The summed E-state index contributed by atoms with van der Waals surface area (Å²) in [5, 5.41) is 15.5. The van der Waals surface area contributed by atoms with E-state index in [-0.39, 0.29) is 18.6 Å². The summed E-state index contributed by atoms with van der Waals surface area (Å²) >= 11 is 4.51. The summed E-state index contributed by atoms with van der Waals surface area (Å²) in [6.45, 7) is 0. The van der Waals surface area contributed by atoms with Crippen molar-refractivity contribution in [2.45, 2.75) is 25.2 Å². The minimum Gasteiger partial charge on any atom is -0.304 e. The van der Waals surface area contributed by atoms with Crippen molar-refractivity contribution < 1.29 is 8.78 Å². The average Bonchev–Trinajstić information content (AvgIpc) is 2.12. The van der Waals surface area contributed by atoms with Gasteiger partial charge in [0.25, 0.3) is 0 Å². The maximum Gasteiger partial charge on any atom is 0.141 e. The summed E-state index contributed by atoms with van der Waals surface area (Å²) in [6, 6.07) is 0. The molecule has 1 saturated carbocycles. The van der Waals surface area contributed by atoms with Gasteiger partial charge in [-0.3, -0.25) is 0 Å². The van der Waals surface area contributed by atoms with E-state index < -0.39 is 24.0 Å². The van der Waals surface area contributed by atoms with Crippen molar-refractivity contribution in [1.29, 1.82) is 10.8 Å². The molecule has 0 heterocycles. The van der Waals surface area contributed by atoms with Crippen LogP contribution in [0.5, 0.6) is 0 Å². The van der Waals surface area contributed by atoms with Gasteiger partial charge in [-0.25, -0.2) is 8.78 Å². The SMILES string of the molecule is N=C1C(F)CC(C(=N)C=S)CC1F. The first kappa shape index (κ1) is 10.4. The second-order valence-electron chi connectivity index (χ2n) is 3.13. The summed E-state index contributed by atoms with van der Waals surface area (Å²) in [4.78, 5) is 0. The van der Waals surface area contributed by atoms with Crippen LogP contribution >= 0.6 is 12.2 Å². The van der Waals surface area contributed by atoms with Gasteiger partial charge in [0.05, 0.1) is 5.71 Å². The fourth-order valence-corrected chi connectivity index (χ4v) is 1.59. The molecule has 0 aliphatic heterocycles. The molecule has 1 fully saturated rings. The summed E-state index contributed by atoms with van der Waals surface area (Å²) in [7, 11) is 0. The predicted molar refractivity (Wildman–Crippen MR) is 51.6 cm³/mol. The summed E-state index contributed by atoms with van der Waals surface area (Å²) in [5.41, 5.74) is -0.402. The molecule has 0 radical (unpaired) electrons. The van der Waals surface area contributed by atoms with E-state index in [1.807, 2.05) is 0 Å². The third kappa shape index (κ3) is 2.15. The van der Waals surface area contributed by atoms with Crippen molar-refractivity contribution in [1.82, 2.24) is 0 Å². The van der Waals surface area contributed by atoms with Crippen LogP contribution in [0, 0.1) is 16.7 Å². The highest BCUT2D eigenvalue weighted by Crippen LogP contribution is 2.26. The molecule has 13 heavy (non-hydrogen) atoms. The quantitative estimate of drug-likeness (QED) is 0.525. The zero-order chi connectivity index (χ0) is 10.0. The largest absolute Gasteiger partial charge is 0.304 e. The van der Waals surface area contributed by atoms with Gasteiger partial charge in [-0.2, -0.15) is 0 Å². The predicted octanol–water partition coefficient (Wildman–Crippen LogP) is 2.11. The summed E-state index contributed by atoms with van der Waals surface area (Å²) in [5.74, 6) is -0.461. The van der Waals surface area contributed by atoms with E-state index in [0.29, 0.717) is 0 Å². The summed E-state index contributed by atoms with van der Waals surface area (Å²) in [6.07, 6.45) is -3.07. The second-order valence-corrected chi connectivity index (χ2v) is 3.37. The van der Waals surface area contributed by atoms with Gasteiger partial charge >= 0.3 is 0 Å². The number of nitrogens with one attached hydrogen (secondary N) is 2. The standard InChI is InChI=1S/C8H10F2N2S/c9-5-1-4(7(11)3-13)2-6(10)8(5)12/h3-6,11-12H,1-2H2. The van der Waals surface area contributed by atoms with Crippen molar-refractivity contribution in [3.8, 4) is 0 Å². The lowest BCUT2D eigenvalue weighted by atomic mass is 9.83. The Morgan fingerprint density at radius 3 is 2.23 bits per heavy atom. The van der Waals surface area contributed by atoms with E-state index in [9.17, 15) is 8.78 Å². The highest BCUT2D eigenvalue weighted by molar-refractivity contribution is 7.80. The number of halogens is 2. The molecule has 1 aliphatic carbocycles. The maximum atomic E-state index is 13.0. The molecule has 1 rings (SSSR count). The van der Waals surface area contributed by atoms with Crippen LogP contribution in [0.25, 0.3) is 0 Å². The number of rotatable bonds is 2.